The molecule has 0 radical (unpaired) electrons. The zero-order chi connectivity index (χ0) is 23.1. The molecule has 1 amide bonds. The summed E-state index contributed by atoms with van der Waals surface area (Å²) < 4.78 is 10.6. The Balaban J connectivity index is 1.77. The number of carbonyl (C=O) groups is 1. The molecule has 10 nitrogen and oxygen atoms in total. The number of carbonyl (C=O) groups excluding carboxylic acids is 1. The number of methoxy groups -OCH3 is 2. The quantitative estimate of drug-likeness (QED) is 0.355. The number of rotatable bonds is 5. The number of aromatic nitrogens is 4. The molecule has 0 saturated carbocycles. The van der Waals surface area contributed by atoms with Gasteiger partial charge in [-0.15, -0.1) is 0 Å². The number of nitrogens with zero attached hydrogens (tertiary/aromatic N) is 2. The van der Waals surface area contributed by atoms with Crippen molar-refractivity contribution < 1.29 is 14.3 Å². The molecule has 33 heavy (non-hydrogen) atoms. The van der Waals surface area contributed by atoms with Crippen molar-refractivity contribution in [1.82, 2.24) is 25.3 Å². The number of ether oxygens (including phenoxy) is 2. The van der Waals surface area contributed by atoms with Gasteiger partial charge in [0.05, 0.1) is 41.9 Å². The van der Waals surface area contributed by atoms with E-state index >= 15 is 0 Å². The van der Waals surface area contributed by atoms with Crippen molar-refractivity contribution in [3.05, 3.63) is 57.1 Å². The smallest absolute Gasteiger partial charge is 0.312 e. The molecule has 1 aliphatic rings. The number of nitrogens with one attached hydrogen (secondary N) is 4. The van der Waals surface area contributed by atoms with E-state index in [2.05, 4.69) is 30.6 Å². The largest absolute Gasteiger partial charge is 0.493 e. The fourth-order valence-corrected chi connectivity index (χ4v) is 4.22. The number of anilines is 2. The number of hydrogen-bond acceptors (Lipinski definition) is 7. The SMILES string of the molecule is COc1c(Cl)cccc1Nc1c(-c2ccnc3[nH]c(=O)c(OC)nc23)[nH]c2c1C(=O)NCC2. The summed E-state index contributed by atoms with van der Waals surface area (Å²) in [6, 6.07) is 7.06. The van der Waals surface area contributed by atoms with Gasteiger partial charge in [0, 0.05) is 30.4 Å². The van der Waals surface area contributed by atoms with E-state index in [1.54, 1.807) is 30.5 Å². The Morgan fingerprint density at radius 1 is 1.12 bits per heavy atom. The number of benzene rings is 1. The highest BCUT2D eigenvalue weighted by atomic mass is 35.5. The van der Waals surface area contributed by atoms with Gasteiger partial charge in [0.1, 0.15) is 5.52 Å². The van der Waals surface area contributed by atoms with E-state index < -0.39 is 5.56 Å². The van der Waals surface area contributed by atoms with Crippen molar-refractivity contribution in [3.63, 3.8) is 0 Å². The highest BCUT2D eigenvalue weighted by molar-refractivity contribution is 6.32. The number of halogens is 1. The standard InChI is InChI=1S/C22H19ClN6O4/c1-32-18-11(23)4-3-5-13(18)27-17-14-12(7-9-25-20(14)30)26-15(17)10-6-8-24-19-16(10)28-22(33-2)21(31)29-19/h3-6,8,26-27H,7,9H2,1-2H3,(H,25,30)(H,24,29,31). The minimum Gasteiger partial charge on any atom is -0.493 e. The number of fused-ring (bicyclic) bond motifs is 2. The van der Waals surface area contributed by atoms with E-state index in [1.165, 1.54) is 14.2 Å². The Morgan fingerprint density at radius 3 is 2.76 bits per heavy atom. The van der Waals surface area contributed by atoms with Crippen molar-refractivity contribution in [2.45, 2.75) is 6.42 Å². The fraction of sp³-hybridized carbons (Fsp3) is 0.182. The van der Waals surface area contributed by atoms with Crippen LogP contribution in [0.1, 0.15) is 16.1 Å². The second-order valence-corrected chi connectivity index (χ2v) is 7.72. The maximum atomic E-state index is 12.8. The van der Waals surface area contributed by atoms with Gasteiger partial charge in [-0.2, -0.15) is 0 Å². The third-order valence-corrected chi connectivity index (χ3v) is 5.72. The van der Waals surface area contributed by atoms with E-state index in [9.17, 15) is 9.59 Å². The molecule has 5 rings (SSSR count). The fourth-order valence-electron chi connectivity index (χ4n) is 3.97. The molecule has 0 unspecified atom stereocenters. The van der Waals surface area contributed by atoms with E-state index in [4.69, 9.17) is 21.1 Å². The molecular formula is C22H19ClN6O4. The van der Waals surface area contributed by atoms with Crippen LogP contribution in [0, 0.1) is 0 Å². The first-order valence-electron chi connectivity index (χ1n) is 10.1. The third kappa shape index (κ3) is 3.44. The Bertz CT molecular complexity index is 1460. The average molecular weight is 467 g/mol. The van der Waals surface area contributed by atoms with Gasteiger partial charge in [-0.25, -0.2) is 9.97 Å². The lowest BCUT2D eigenvalue weighted by atomic mass is 10.0. The summed E-state index contributed by atoms with van der Waals surface area (Å²) in [7, 11) is 2.89. The highest BCUT2D eigenvalue weighted by Crippen LogP contribution is 2.41. The number of pyridine rings is 1. The molecule has 0 atom stereocenters. The first kappa shape index (κ1) is 20.8. The van der Waals surface area contributed by atoms with Crippen LogP contribution in [0.25, 0.3) is 22.4 Å². The molecule has 0 fully saturated rings. The van der Waals surface area contributed by atoms with Crippen LogP contribution in [0.15, 0.2) is 35.3 Å². The molecule has 168 valence electrons. The highest BCUT2D eigenvalue weighted by Gasteiger charge is 2.28. The van der Waals surface area contributed by atoms with Crippen molar-refractivity contribution in [3.8, 4) is 22.9 Å². The summed E-state index contributed by atoms with van der Waals surface area (Å²) in [4.78, 5) is 39.6. The molecule has 1 aromatic carbocycles. The third-order valence-electron chi connectivity index (χ3n) is 5.42. The topological polar surface area (TPSA) is 134 Å². The van der Waals surface area contributed by atoms with Crippen molar-refractivity contribution in [1.29, 1.82) is 0 Å². The molecule has 0 bridgehead atoms. The first-order chi connectivity index (χ1) is 16.0. The Labute approximate surface area is 192 Å². The van der Waals surface area contributed by atoms with Crippen molar-refractivity contribution >= 4 is 40.0 Å². The van der Waals surface area contributed by atoms with Crippen LogP contribution in [0.2, 0.25) is 5.02 Å². The summed E-state index contributed by atoms with van der Waals surface area (Å²) in [5, 5.41) is 6.63. The second kappa shape index (κ2) is 8.14. The lowest BCUT2D eigenvalue weighted by Crippen LogP contribution is -2.31. The van der Waals surface area contributed by atoms with Crippen LogP contribution in [0.5, 0.6) is 11.6 Å². The summed E-state index contributed by atoms with van der Waals surface area (Å²) in [6.07, 6.45) is 2.18. The van der Waals surface area contributed by atoms with E-state index in [0.29, 0.717) is 63.1 Å². The summed E-state index contributed by atoms with van der Waals surface area (Å²) >= 11 is 6.31. The van der Waals surface area contributed by atoms with Gasteiger partial charge in [0.15, 0.2) is 11.4 Å². The molecule has 11 heteroatoms. The lowest BCUT2D eigenvalue weighted by Gasteiger charge is -2.17. The molecule has 0 saturated heterocycles. The number of aromatic amines is 2. The molecule has 0 spiro atoms. The van der Waals surface area contributed by atoms with Gasteiger partial charge >= 0.3 is 5.56 Å². The van der Waals surface area contributed by atoms with Gasteiger partial charge in [0.25, 0.3) is 11.8 Å². The van der Waals surface area contributed by atoms with Crippen molar-refractivity contribution in [2.24, 2.45) is 0 Å². The lowest BCUT2D eigenvalue weighted by molar-refractivity contribution is 0.0947. The van der Waals surface area contributed by atoms with Gasteiger partial charge in [0.2, 0.25) is 0 Å². The normalized spacial score (nSPS) is 12.9. The molecule has 4 N–H and O–H groups in total. The Hall–Kier alpha value is -4.05. The van der Waals surface area contributed by atoms with Crippen molar-refractivity contribution in [2.75, 3.05) is 26.1 Å². The van der Waals surface area contributed by atoms with Crippen LogP contribution in [0.3, 0.4) is 0 Å². The second-order valence-electron chi connectivity index (χ2n) is 7.31. The zero-order valence-electron chi connectivity index (χ0n) is 17.7. The maximum Gasteiger partial charge on any atom is 0.312 e. The number of H-pyrrole nitrogens is 2. The Kier molecular flexibility index (Phi) is 5.14. The Morgan fingerprint density at radius 2 is 1.97 bits per heavy atom. The average Bonchev–Trinajstić information content (AvgIpc) is 3.17. The number of amides is 1. The van der Waals surface area contributed by atoms with Gasteiger partial charge < -0.3 is 30.1 Å². The van der Waals surface area contributed by atoms with E-state index in [0.717, 1.165) is 5.69 Å². The van der Waals surface area contributed by atoms with Crippen LogP contribution < -0.4 is 25.7 Å². The van der Waals surface area contributed by atoms with Gasteiger partial charge in [-0.1, -0.05) is 17.7 Å². The predicted molar refractivity (Wildman–Crippen MR) is 124 cm³/mol. The zero-order valence-corrected chi connectivity index (χ0v) is 18.5. The molecule has 3 aromatic heterocycles. The molecule has 4 aromatic rings. The van der Waals surface area contributed by atoms with Crippen LogP contribution in [0.4, 0.5) is 11.4 Å². The monoisotopic (exact) mass is 466 g/mol. The van der Waals surface area contributed by atoms with Crippen LogP contribution in [-0.2, 0) is 6.42 Å². The molecule has 4 heterocycles. The number of hydrogen-bond donors (Lipinski definition) is 4. The molecule has 0 aliphatic carbocycles. The van der Waals surface area contributed by atoms with Gasteiger partial charge in [-0.3, -0.25) is 9.59 Å². The van der Waals surface area contributed by atoms with E-state index in [-0.39, 0.29) is 11.8 Å². The summed E-state index contributed by atoms with van der Waals surface area (Å²) in [5.74, 6) is 0.149. The minimum absolute atomic E-state index is 0.0863. The number of para-hydroxylation sites is 1. The maximum absolute atomic E-state index is 12.8. The summed E-state index contributed by atoms with van der Waals surface area (Å²) in [6.45, 7) is 0.516. The molecular weight excluding hydrogens is 448 g/mol. The minimum atomic E-state index is -0.484. The predicted octanol–water partition coefficient (Wildman–Crippen LogP) is 3.01. The first-order valence-corrected chi connectivity index (χ1v) is 10.5. The summed E-state index contributed by atoms with van der Waals surface area (Å²) in [5.41, 5.74) is 3.83. The molecule has 1 aliphatic heterocycles. The van der Waals surface area contributed by atoms with Crippen LogP contribution >= 0.6 is 11.6 Å². The van der Waals surface area contributed by atoms with Gasteiger partial charge in [-0.05, 0) is 18.2 Å². The van der Waals surface area contributed by atoms with E-state index in [1.807, 2.05) is 0 Å². The van der Waals surface area contributed by atoms with Crippen LogP contribution in [-0.4, -0.2) is 46.6 Å².